The molecule has 2 aliphatic rings. The highest BCUT2D eigenvalue weighted by atomic mass is 16.8. The van der Waals surface area contributed by atoms with E-state index < -0.39 is 5.79 Å². The molecule has 1 heterocycles. The van der Waals surface area contributed by atoms with Crippen molar-refractivity contribution in [2.24, 2.45) is 11.8 Å². The van der Waals surface area contributed by atoms with Gasteiger partial charge in [0.15, 0.2) is 5.79 Å². The van der Waals surface area contributed by atoms with Crippen LogP contribution in [-0.2, 0) is 48.5 Å². The summed E-state index contributed by atoms with van der Waals surface area (Å²) in [5.74, 6) is -0.414. The third kappa shape index (κ3) is 9.54. The van der Waals surface area contributed by atoms with Gasteiger partial charge in [0.2, 0.25) is 0 Å². The molecule has 310 valence electrons. The largest absolute Gasteiger partial charge is 0.289 e. The molecule has 6 aromatic rings. The first-order valence-corrected chi connectivity index (χ1v) is 22.3. The van der Waals surface area contributed by atoms with E-state index in [1.807, 2.05) is 0 Å². The number of hydrogen-bond donors (Lipinski definition) is 0. The monoisotopic (exact) mass is 799 g/mol. The first-order chi connectivity index (χ1) is 29.0. The molecule has 60 heavy (non-hydrogen) atoms. The molecule has 0 unspecified atom stereocenters. The smallest absolute Gasteiger partial charge is 0.277 e. The van der Waals surface area contributed by atoms with E-state index in [2.05, 4.69) is 200 Å². The molecule has 4 atom stereocenters. The number of likely N-dealkylation sites (N-methyl/N-ethyl adjacent to an activating group) is 2. The minimum absolute atomic E-state index is 0.189. The third-order valence-corrected chi connectivity index (χ3v) is 13.6. The van der Waals surface area contributed by atoms with Crippen LogP contribution in [-0.4, -0.2) is 41.3 Å². The number of benzene rings is 6. The fourth-order valence-electron chi connectivity index (χ4n) is 10.3. The standard InChI is InChI=1S/C56H66N2O2/c1-42-20-28-48(29-21-42)38-57(5,39-49-30-22-43(2)23-31-49)54-55(58(6,40-50-32-24-44(3)25-33-50)41-51-34-26-45(4)27-35-51)60-56(59-54)52(36-46-14-9-7-10-15-46)18-13-19-53(56)37-47-16-11-8-12-17-47/h7-12,14-17,20-35,52-55H,13,18-19,36-41H2,1-6H3/q+2/t52-,53-,54-,55-/m1/s1. The Bertz CT molecular complexity index is 2010. The molecule has 2 fully saturated rings. The summed E-state index contributed by atoms with van der Waals surface area (Å²) in [5, 5.41) is 0. The van der Waals surface area contributed by atoms with Gasteiger partial charge in [-0.1, -0.05) is 186 Å². The Morgan fingerprint density at radius 2 is 0.683 bits per heavy atom. The van der Waals surface area contributed by atoms with Crippen LogP contribution in [0.4, 0.5) is 0 Å². The Kier molecular flexibility index (Phi) is 12.6. The minimum Gasteiger partial charge on any atom is -0.289 e. The highest BCUT2D eigenvalue weighted by Crippen LogP contribution is 2.53. The number of hydrogen-bond acceptors (Lipinski definition) is 2. The number of aryl methyl sites for hydroxylation is 4. The lowest BCUT2D eigenvalue weighted by atomic mass is 9.71. The van der Waals surface area contributed by atoms with Crippen molar-refractivity contribution in [3.05, 3.63) is 213 Å². The summed E-state index contributed by atoms with van der Waals surface area (Å²) >= 11 is 0. The zero-order valence-electron chi connectivity index (χ0n) is 36.9. The van der Waals surface area contributed by atoms with Gasteiger partial charge < -0.3 is 0 Å². The molecule has 8 rings (SSSR count). The Balaban J connectivity index is 1.32. The number of nitrogens with zero attached hydrogens (tertiary/aromatic N) is 2. The summed E-state index contributed by atoms with van der Waals surface area (Å²) in [7, 11) is 4.90. The van der Waals surface area contributed by atoms with Gasteiger partial charge in [0, 0.05) is 34.1 Å². The molecule has 0 radical (unpaired) electrons. The summed E-state index contributed by atoms with van der Waals surface area (Å²) in [6.45, 7) is 12.0. The predicted molar refractivity (Wildman–Crippen MR) is 246 cm³/mol. The topological polar surface area (TPSA) is 18.5 Å². The van der Waals surface area contributed by atoms with E-state index in [0.29, 0.717) is 8.97 Å². The molecule has 1 spiro atoms. The number of quaternary nitrogens is 2. The molecule has 0 amide bonds. The first kappa shape index (κ1) is 41.9. The summed E-state index contributed by atoms with van der Waals surface area (Å²) in [4.78, 5) is 0. The van der Waals surface area contributed by atoms with Crippen LogP contribution >= 0.6 is 0 Å². The van der Waals surface area contributed by atoms with Crippen LogP contribution in [0, 0.1) is 39.5 Å². The van der Waals surface area contributed by atoms with E-state index in [-0.39, 0.29) is 24.3 Å². The van der Waals surface area contributed by atoms with Gasteiger partial charge in [-0.05, 0) is 64.5 Å². The summed E-state index contributed by atoms with van der Waals surface area (Å²) in [6.07, 6.45) is 4.59. The van der Waals surface area contributed by atoms with Crippen molar-refractivity contribution in [3.63, 3.8) is 0 Å². The second kappa shape index (κ2) is 18.0. The molecule has 0 N–H and O–H groups in total. The van der Waals surface area contributed by atoms with Gasteiger partial charge in [-0.25, -0.2) is 0 Å². The van der Waals surface area contributed by atoms with E-state index in [4.69, 9.17) is 9.47 Å². The lowest BCUT2D eigenvalue weighted by Crippen LogP contribution is -2.64. The van der Waals surface area contributed by atoms with Crippen LogP contribution in [0.25, 0.3) is 0 Å². The molecule has 1 saturated heterocycles. The molecule has 4 nitrogen and oxygen atoms in total. The fourth-order valence-corrected chi connectivity index (χ4v) is 10.3. The quantitative estimate of drug-likeness (QED) is 0.102. The van der Waals surface area contributed by atoms with E-state index in [9.17, 15) is 0 Å². The SMILES string of the molecule is Cc1ccc(C[N+](C)(Cc2ccc(C)cc2)[C@@H]2OC3(O[C@H]2[N+](C)(Cc2ccc(C)cc2)Cc2ccc(C)cc2)[C@@H](Cc2ccccc2)CCC[C@@H]3Cc2ccccc2)cc1. The Morgan fingerprint density at radius 3 is 0.967 bits per heavy atom. The highest BCUT2D eigenvalue weighted by Gasteiger charge is 2.67. The maximum absolute atomic E-state index is 8.22. The molecule has 1 aliphatic heterocycles. The van der Waals surface area contributed by atoms with Crippen LogP contribution in [0.2, 0.25) is 0 Å². The fraction of sp³-hybridized carbons (Fsp3) is 0.357. The lowest BCUT2D eigenvalue weighted by Gasteiger charge is -2.46. The zero-order valence-corrected chi connectivity index (χ0v) is 36.9. The molecule has 1 saturated carbocycles. The summed E-state index contributed by atoms with van der Waals surface area (Å²) in [6, 6.07) is 58.9. The van der Waals surface area contributed by atoms with E-state index in [1.54, 1.807) is 0 Å². The average Bonchev–Trinajstić information content (AvgIpc) is 3.67. The first-order valence-electron chi connectivity index (χ1n) is 22.3. The normalized spacial score (nSPS) is 20.4. The van der Waals surface area contributed by atoms with Crippen molar-refractivity contribution in [2.45, 2.75) is 104 Å². The second-order valence-corrected chi connectivity index (χ2v) is 19.0. The van der Waals surface area contributed by atoms with Crippen LogP contribution in [0.15, 0.2) is 158 Å². The zero-order chi connectivity index (χ0) is 41.7. The Morgan fingerprint density at radius 1 is 0.400 bits per heavy atom. The lowest BCUT2D eigenvalue weighted by molar-refractivity contribution is -1.04. The van der Waals surface area contributed by atoms with Crippen molar-refractivity contribution in [1.82, 2.24) is 0 Å². The average molecular weight is 799 g/mol. The predicted octanol–water partition coefficient (Wildman–Crippen LogP) is 12.2. The van der Waals surface area contributed by atoms with Crippen LogP contribution in [0.3, 0.4) is 0 Å². The molecule has 0 aromatic heterocycles. The van der Waals surface area contributed by atoms with Gasteiger partial charge in [-0.3, -0.25) is 18.4 Å². The van der Waals surface area contributed by atoms with Crippen LogP contribution < -0.4 is 0 Å². The van der Waals surface area contributed by atoms with Gasteiger partial charge in [0.25, 0.3) is 12.5 Å². The Hall–Kier alpha value is -4.84. The van der Waals surface area contributed by atoms with Gasteiger partial charge in [0.05, 0.1) is 14.1 Å². The molecule has 0 bridgehead atoms. The second-order valence-electron chi connectivity index (χ2n) is 19.0. The molecule has 6 aromatic carbocycles. The van der Waals surface area contributed by atoms with Crippen molar-refractivity contribution < 1.29 is 18.4 Å². The summed E-state index contributed by atoms with van der Waals surface area (Å²) in [5.41, 5.74) is 13.1. The number of rotatable bonds is 14. The van der Waals surface area contributed by atoms with Gasteiger partial charge in [-0.15, -0.1) is 0 Å². The van der Waals surface area contributed by atoms with E-state index >= 15 is 0 Å². The van der Waals surface area contributed by atoms with Crippen LogP contribution in [0.1, 0.15) is 74.9 Å². The maximum atomic E-state index is 8.22. The molecule has 4 heteroatoms. The number of ether oxygens (including phenoxy) is 2. The molecular weight excluding hydrogens is 733 g/mol. The highest BCUT2D eigenvalue weighted by molar-refractivity contribution is 5.25. The van der Waals surface area contributed by atoms with Gasteiger partial charge in [0.1, 0.15) is 26.2 Å². The van der Waals surface area contributed by atoms with Crippen molar-refractivity contribution in [2.75, 3.05) is 14.1 Å². The summed E-state index contributed by atoms with van der Waals surface area (Å²) < 4.78 is 17.8. The third-order valence-electron chi connectivity index (χ3n) is 13.6. The van der Waals surface area contributed by atoms with Crippen LogP contribution in [0.5, 0.6) is 0 Å². The van der Waals surface area contributed by atoms with E-state index in [0.717, 1.165) is 58.3 Å². The maximum Gasteiger partial charge on any atom is 0.277 e. The Labute approximate surface area is 360 Å². The van der Waals surface area contributed by atoms with Crippen molar-refractivity contribution in [3.8, 4) is 0 Å². The van der Waals surface area contributed by atoms with Crippen molar-refractivity contribution >= 4 is 0 Å². The minimum atomic E-state index is -0.792. The van der Waals surface area contributed by atoms with Gasteiger partial charge >= 0.3 is 0 Å². The molecular formula is C56H66N2O2+2. The van der Waals surface area contributed by atoms with E-state index in [1.165, 1.54) is 55.6 Å². The van der Waals surface area contributed by atoms with Gasteiger partial charge in [-0.2, -0.15) is 0 Å². The molecule has 1 aliphatic carbocycles. The van der Waals surface area contributed by atoms with Crippen molar-refractivity contribution in [1.29, 1.82) is 0 Å².